The van der Waals surface area contributed by atoms with E-state index in [2.05, 4.69) is 32.9 Å². The van der Waals surface area contributed by atoms with Crippen molar-refractivity contribution in [1.82, 2.24) is 5.32 Å². The Balaban J connectivity index is 1.97. The van der Waals surface area contributed by atoms with Crippen LogP contribution in [0.2, 0.25) is 0 Å². The van der Waals surface area contributed by atoms with E-state index in [1.165, 1.54) is 0 Å². The van der Waals surface area contributed by atoms with Crippen LogP contribution in [-0.4, -0.2) is 11.7 Å². The quantitative estimate of drug-likeness (QED) is 0.637. The van der Waals surface area contributed by atoms with Gasteiger partial charge in [-0.15, -0.1) is 0 Å². The van der Waals surface area contributed by atoms with Gasteiger partial charge in [-0.05, 0) is 40.3 Å². The minimum atomic E-state index is -0.163. The number of carbonyl (C=O) groups excluding carboxylic acids is 1. The van der Waals surface area contributed by atoms with Crippen LogP contribution in [0.3, 0.4) is 0 Å². The maximum absolute atomic E-state index is 12.0. The number of aliphatic imine (C=N–C) groups is 1. The first-order chi connectivity index (χ1) is 9.74. The van der Waals surface area contributed by atoms with Crippen molar-refractivity contribution >= 4 is 40.4 Å². The molecule has 1 amide bonds. The number of benzene rings is 2. The molecule has 20 heavy (non-hydrogen) atoms. The first-order valence-corrected chi connectivity index (χ1v) is 7.23. The van der Waals surface area contributed by atoms with Gasteiger partial charge in [0.1, 0.15) is 11.5 Å². The van der Waals surface area contributed by atoms with Gasteiger partial charge in [-0.25, -0.2) is 4.99 Å². The lowest BCUT2D eigenvalue weighted by Crippen LogP contribution is -2.24. The van der Waals surface area contributed by atoms with Crippen molar-refractivity contribution in [3.05, 3.63) is 75.0 Å². The van der Waals surface area contributed by atoms with Crippen molar-refractivity contribution in [2.75, 3.05) is 0 Å². The van der Waals surface area contributed by atoms with Crippen molar-refractivity contribution in [1.29, 1.82) is 0 Å². The van der Waals surface area contributed by atoms with E-state index in [9.17, 15) is 4.79 Å². The summed E-state index contributed by atoms with van der Waals surface area (Å²) in [5, 5.41) is 2.80. The number of hydrogen-bond acceptors (Lipinski definition) is 2. The summed E-state index contributed by atoms with van der Waals surface area (Å²) < 4.78 is 1.09. The third kappa shape index (κ3) is 2.65. The summed E-state index contributed by atoms with van der Waals surface area (Å²) >= 11 is 2.25. The molecule has 1 N–H and O–H groups in total. The normalized spacial score (nSPS) is 16.1. The monoisotopic (exact) mass is 374 g/mol. The molecule has 0 aliphatic carbocycles. The first-order valence-electron chi connectivity index (χ1n) is 6.16. The molecule has 1 aliphatic rings. The molecule has 0 bridgehead atoms. The molecule has 0 radical (unpaired) electrons. The summed E-state index contributed by atoms with van der Waals surface area (Å²) in [6, 6.07) is 17.5. The van der Waals surface area contributed by atoms with Crippen LogP contribution in [0, 0.1) is 3.57 Å². The standard InChI is InChI=1S/C16H11IN2O/c17-13-9-5-4-8-12(13)10-14-16(20)19-15(18-14)11-6-2-1-3-7-11/h1-10H,(H,18,19,20)/b14-10-. The molecule has 4 heteroatoms. The minimum absolute atomic E-state index is 0.163. The van der Waals surface area contributed by atoms with E-state index < -0.39 is 0 Å². The molecule has 0 aromatic heterocycles. The van der Waals surface area contributed by atoms with E-state index in [1.54, 1.807) is 0 Å². The lowest BCUT2D eigenvalue weighted by molar-refractivity contribution is -0.115. The van der Waals surface area contributed by atoms with Crippen molar-refractivity contribution in [3.63, 3.8) is 0 Å². The fourth-order valence-electron chi connectivity index (χ4n) is 1.94. The minimum Gasteiger partial charge on any atom is -0.305 e. The second kappa shape index (κ2) is 5.58. The van der Waals surface area contributed by atoms with E-state index in [4.69, 9.17) is 0 Å². The highest BCUT2D eigenvalue weighted by Crippen LogP contribution is 2.18. The molecular weight excluding hydrogens is 363 g/mol. The Morgan fingerprint density at radius 2 is 1.70 bits per heavy atom. The maximum Gasteiger partial charge on any atom is 0.275 e. The third-order valence-electron chi connectivity index (χ3n) is 2.94. The number of nitrogens with one attached hydrogen (secondary N) is 1. The molecule has 0 spiro atoms. The molecule has 3 nitrogen and oxygen atoms in total. The molecular formula is C16H11IN2O. The van der Waals surface area contributed by atoms with Crippen LogP contribution < -0.4 is 5.32 Å². The van der Waals surface area contributed by atoms with Gasteiger partial charge < -0.3 is 5.32 Å². The number of amidine groups is 1. The smallest absolute Gasteiger partial charge is 0.275 e. The summed E-state index contributed by atoms with van der Waals surface area (Å²) in [6.45, 7) is 0. The van der Waals surface area contributed by atoms with E-state index in [0.717, 1.165) is 14.7 Å². The van der Waals surface area contributed by atoms with Gasteiger partial charge in [0.25, 0.3) is 5.91 Å². The van der Waals surface area contributed by atoms with E-state index >= 15 is 0 Å². The van der Waals surface area contributed by atoms with E-state index in [-0.39, 0.29) is 5.91 Å². The number of carbonyl (C=O) groups is 1. The van der Waals surface area contributed by atoms with Gasteiger partial charge >= 0.3 is 0 Å². The second-order valence-corrected chi connectivity index (χ2v) is 5.49. The van der Waals surface area contributed by atoms with Crippen LogP contribution in [0.15, 0.2) is 65.3 Å². The maximum atomic E-state index is 12.0. The van der Waals surface area contributed by atoms with Crippen molar-refractivity contribution in [3.8, 4) is 0 Å². The Bertz CT molecular complexity index is 720. The predicted molar refractivity (Wildman–Crippen MR) is 88.3 cm³/mol. The highest BCUT2D eigenvalue weighted by molar-refractivity contribution is 14.1. The summed E-state index contributed by atoms with van der Waals surface area (Å²) in [7, 11) is 0. The zero-order valence-electron chi connectivity index (χ0n) is 10.5. The molecule has 2 aromatic carbocycles. The average Bonchev–Trinajstić information content (AvgIpc) is 2.84. The molecule has 98 valence electrons. The topological polar surface area (TPSA) is 41.5 Å². The predicted octanol–water partition coefficient (Wildman–Crippen LogP) is 3.21. The number of nitrogens with zero attached hydrogens (tertiary/aromatic N) is 1. The molecule has 0 unspecified atom stereocenters. The molecule has 1 aliphatic heterocycles. The van der Waals surface area contributed by atoms with Crippen LogP contribution in [0.25, 0.3) is 6.08 Å². The summed E-state index contributed by atoms with van der Waals surface area (Å²) in [5.74, 6) is 0.441. The Morgan fingerprint density at radius 1 is 1.00 bits per heavy atom. The molecule has 0 saturated heterocycles. The molecule has 0 saturated carbocycles. The second-order valence-electron chi connectivity index (χ2n) is 4.33. The Hall–Kier alpha value is -1.95. The van der Waals surface area contributed by atoms with Gasteiger partial charge in [-0.2, -0.15) is 0 Å². The van der Waals surface area contributed by atoms with Gasteiger partial charge in [-0.1, -0.05) is 48.5 Å². The Morgan fingerprint density at radius 3 is 2.45 bits per heavy atom. The molecule has 2 aromatic rings. The number of halogens is 1. The van der Waals surface area contributed by atoms with Crippen molar-refractivity contribution in [2.45, 2.75) is 0 Å². The first kappa shape index (κ1) is 13.1. The van der Waals surface area contributed by atoms with E-state index in [0.29, 0.717) is 11.5 Å². The summed E-state index contributed by atoms with van der Waals surface area (Å²) in [4.78, 5) is 16.4. The van der Waals surface area contributed by atoms with E-state index in [1.807, 2.05) is 60.7 Å². The van der Waals surface area contributed by atoms with Gasteiger partial charge in [0.15, 0.2) is 0 Å². The van der Waals surface area contributed by atoms with Crippen LogP contribution in [0.1, 0.15) is 11.1 Å². The number of amides is 1. The zero-order chi connectivity index (χ0) is 13.9. The largest absolute Gasteiger partial charge is 0.305 e. The fourth-order valence-corrected chi connectivity index (χ4v) is 2.48. The number of hydrogen-bond donors (Lipinski definition) is 1. The molecule has 0 atom stereocenters. The van der Waals surface area contributed by atoms with Crippen LogP contribution in [0.4, 0.5) is 0 Å². The van der Waals surface area contributed by atoms with Crippen molar-refractivity contribution in [2.24, 2.45) is 4.99 Å². The average molecular weight is 374 g/mol. The van der Waals surface area contributed by atoms with Gasteiger partial charge in [-0.3, -0.25) is 4.79 Å². The molecule has 3 rings (SSSR count). The van der Waals surface area contributed by atoms with Gasteiger partial charge in [0.05, 0.1) is 0 Å². The Kier molecular flexibility index (Phi) is 3.64. The highest BCUT2D eigenvalue weighted by Gasteiger charge is 2.20. The van der Waals surface area contributed by atoms with Gasteiger partial charge in [0.2, 0.25) is 0 Å². The summed E-state index contributed by atoms with van der Waals surface area (Å²) in [5.41, 5.74) is 2.34. The third-order valence-corrected chi connectivity index (χ3v) is 3.92. The van der Waals surface area contributed by atoms with Gasteiger partial charge in [0, 0.05) is 9.13 Å². The zero-order valence-corrected chi connectivity index (χ0v) is 12.7. The Labute approximate surface area is 130 Å². The fraction of sp³-hybridized carbons (Fsp3) is 0. The highest BCUT2D eigenvalue weighted by atomic mass is 127. The van der Waals surface area contributed by atoms with Crippen molar-refractivity contribution < 1.29 is 4.79 Å². The lowest BCUT2D eigenvalue weighted by Gasteiger charge is -1.98. The van der Waals surface area contributed by atoms with Crippen LogP contribution in [-0.2, 0) is 4.79 Å². The summed E-state index contributed by atoms with van der Waals surface area (Å²) in [6.07, 6.45) is 1.81. The lowest BCUT2D eigenvalue weighted by atomic mass is 10.2. The van der Waals surface area contributed by atoms with Crippen LogP contribution in [0.5, 0.6) is 0 Å². The molecule has 1 heterocycles. The van der Waals surface area contributed by atoms with Crippen LogP contribution >= 0.6 is 22.6 Å². The molecule has 0 fully saturated rings. The SMILES string of the molecule is O=C1NC(c2ccccc2)=N/C1=C\c1ccccc1I. The number of rotatable bonds is 2.